The first-order valence-electron chi connectivity index (χ1n) is 7.04. The highest BCUT2D eigenvalue weighted by atomic mass is 16.5. The van der Waals surface area contributed by atoms with Crippen molar-refractivity contribution >= 4 is 23.1 Å². The van der Waals surface area contributed by atoms with Crippen LogP contribution in [0.3, 0.4) is 0 Å². The monoisotopic (exact) mass is 287 g/mol. The van der Waals surface area contributed by atoms with E-state index in [1.54, 1.807) is 11.8 Å². The molecule has 21 heavy (non-hydrogen) atoms. The molecule has 0 aromatic heterocycles. The molecule has 1 heterocycles. The molecule has 2 rings (SSSR count). The predicted molar refractivity (Wildman–Crippen MR) is 82.9 cm³/mol. The number of carbonyl (C=O) groups is 2. The fourth-order valence-corrected chi connectivity index (χ4v) is 2.87. The first-order valence-corrected chi connectivity index (χ1v) is 7.04. The Morgan fingerprint density at radius 3 is 2.48 bits per heavy atom. The van der Waals surface area contributed by atoms with Gasteiger partial charge in [0.25, 0.3) is 5.91 Å². The molecule has 0 spiro atoms. The van der Waals surface area contributed by atoms with Gasteiger partial charge >= 0.3 is 5.97 Å². The molecule has 112 valence electrons. The van der Waals surface area contributed by atoms with E-state index in [-0.39, 0.29) is 5.91 Å². The molecule has 0 N–H and O–H groups in total. The number of anilines is 1. The van der Waals surface area contributed by atoms with Crippen molar-refractivity contribution in [1.82, 2.24) is 0 Å². The van der Waals surface area contributed by atoms with Gasteiger partial charge in [0.1, 0.15) is 0 Å². The molecule has 0 bridgehead atoms. The van der Waals surface area contributed by atoms with Gasteiger partial charge < -0.3 is 4.74 Å². The summed E-state index contributed by atoms with van der Waals surface area (Å²) in [7, 11) is 0. The molecule has 0 unspecified atom stereocenters. The molecule has 0 radical (unpaired) electrons. The molecule has 1 atom stereocenters. The lowest BCUT2D eigenvalue weighted by atomic mass is 9.88. The summed E-state index contributed by atoms with van der Waals surface area (Å²) in [6.45, 7) is 8.91. The quantitative estimate of drug-likeness (QED) is 0.785. The number of nitrogens with zero attached hydrogens (tertiary/aromatic N) is 1. The summed E-state index contributed by atoms with van der Waals surface area (Å²) >= 11 is 0. The van der Waals surface area contributed by atoms with Gasteiger partial charge in [0.15, 0.2) is 6.10 Å². The summed E-state index contributed by atoms with van der Waals surface area (Å²) < 4.78 is 5.05. The summed E-state index contributed by atoms with van der Waals surface area (Å²) in [5.41, 5.74) is 2.55. The zero-order valence-corrected chi connectivity index (χ0v) is 13.1. The molecule has 0 saturated heterocycles. The molecular weight excluding hydrogens is 266 g/mol. The molecule has 0 saturated carbocycles. The van der Waals surface area contributed by atoms with E-state index >= 15 is 0 Å². The second-order valence-corrected chi connectivity index (χ2v) is 5.92. The SMILES string of the molecule is CC(=O)O[C@@H](C)C(=O)N1c2ccccc2C(C)=CC1(C)C. The molecule has 0 aliphatic carbocycles. The van der Waals surface area contributed by atoms with Gasteiger partial charge in [-0.2, -0.15) is 0 Å². The van der Waals surface area contributed by atoms with Crippen molar-refractivity contribution in [3.8, 4) is 0 Å². The number of fused-ring (bicyclic) bond motifs is 1. The summed E-state index contributed by atoms with van der Waals surface area (Å²) in [6.07, 6.45) is 1.26. The maximum Gasteiger partial charge on any atom is 0.303 e. The Bertz CT molecular complexity index is 616. The molecule has 4 heteroatoms. The van der Waals surface area contributed by atoms with Gasteiger partial charge in [-0.15, -0.1) is 0 Å². The third-order valence-corrected chi connectivity index (χ3v) is 3.63. The van der Waals surface area contributed by atoms with Crippen molar-refractivity contribution in [2.45, 2.75) is 46.3 Å². The second-order valence-electron chi connectivity index (χ2n) is 5.92. The van der Waals surface area contributed by atoms with E-state index in [1.807, 2.05) is 45.0 Å². The minimum absolute atomic E-state index is 0.216. The number of rotatable bonds is 2. The van der Waals surface area contributed by atoms with Crippen molar-refractivity contribution < 1.29 is 14.3 Å². The first-order chi connectivity index (χ1) is 9.74. The topological polar surface area (TPSA) is 46.6 Å². The van der Waals surface area contributed by atoms with E-state index in [0.29, 0.717) is 0 Å². The van der Waals surface area contributed by atoms with Crippen LogP contribution in [0.25, 0.3) is 5.57 Å². The third-order valence-electron chi connectivity index (χ3n) is 3.63. The van der Waals surface area contributed by atoms with E-state index in [2.05, 4.69) is 6.08 Å². The Balaban J connectivity index is 2.46. The van der Waals surface area contributed by atoms with Crippen LogP contribution in [0.5, 0.6) is 0 Å². The average Bonchev–Trinajstić information content (AvgIpc) is 2.36. The van der Waals surface area contributed by atoms with Gasteiger partial charge in [-0.25, -0.2) is 0 Å². The fraction of sp³-hybridized carbons (Fsp3) is 0.412. The highest BCUT2D eigenvalue weighted by Crippen LogP contribution is 2.39. The largest absolute Gasteiger partial charge is 0.453 e. The van der Waals surface area contributed by atoms with E-state index in [9.17, 15) is 9.59 Å². The highest BCUT2D eigenvalue weighted by Gasteiger charge is 2.38. The van der Waals surface area contributed by atoms with Crippen LogP contribution in [-0.4, -0.2) is 23.5 Å². The fourth-order valence-electron chi connectivity index (χ4n) is 2.87. The molecule has 0 fully saturated rings. The summed E-state index contributed by atoms with van der Waals surface area (Å²) in [6, 6.07) is 7.77. The van der Waals surface area contributed by atoms with E-state index in [1.165, 1.54) is 6.92 Å². The molecule has 1 aliphatic rings. The molecule has 4 nitrogen and oxygen atoms in total. The number of carbonyl (C=O) groups excluding carboxylic acids is 2. The third kappa shape index (κ3) is 2.84. The van der Waals surface area contributed by atoms with Gasteiger partial charge in [0.05, 0.1) is 11.2 Å². The number of amides is 1. The summed E-state index contributed by atoms with van der Waals surface area (Å²) in [5, 5.41) is 0. The molecule has 1 aromatic rings. The van der Waals surface area contributed by atoms with Crippen LogP contribution in [0.15, 0.2) is 30.3 Å². The Morgan fingerprint density at radius 1 is 1.24 bits per heavy atom. The van der Waals surface area contributed by atoms with Crippen LogP contribution in [0, 0.1) is 0 Å². The minimum Gasteiger partial charge on any atom is -0.453 e. The first kappa shape index (κ1) is 15.3. The number of hydrogen-bond acceptors (Lipinski definition) is 3. The number of benzene rings is 1. The Labute approximate surface area is 125 Å². The van der Waals surface area contributed by atoms with Gasteiger partial charge in [-0.05, 0) is 39.3 Å². The van der Waals surface area contributed by atoms with Crippen molar-refractivity contribution in [1.29, 1.82) is 0 Å². The maximum atomic E-state index is 12.7. The lowest BCUT2D eigenvalue weighted by molar-refractivity contribution is -0.152. The Morgan fingerprint density at radius 2 is 1.86 bits per heavy atom. The van der Waals surface area contributed by atoms with Gasteiger partial charge in [-0.3, -0.25) is 14.5 Å². The average molecular weight is 287 g/mol. The standard InChI is InChI=1S/C17H21NO3/c1-11-10-17(4,5)18(15-9-7-6-8-14(11)15)16(20)12(2)21-13(3)19/h6-10,12H,1-5H3/t12-/m0/s1. The summed E-state index contributed by atoms with van der Waals surface area (Å²) in [5.74, 6) is -0.669. The van der Waals surface area contributed by atoms with Gasteiger partial charge in [0.2, 0.25) is 0 Å². The maximum absolute atomic E-state index is 12.7. The second kappa shape index (κ2) is 5.35. The van der Waals surface area contributed by atoms with Crippen LogP contribution in [0.2, 0.25) is 0 Å². The van der Waals surface area contributed by atoms with Gasteiger partial charge in [0, 0.05) is 12.5 Å². The van der Waals surface area contributed by atoms with E-state index in [4.69, 9.17) is 4.74 Å². The molecule has 1 aliphatic heterocycles. The number of para-hydroxylation sites is 1. The minimum atomic E-state index is -0.804. The normalized spacial score (nSPS) is 17.6. The van der Waals surface area contributed by atoms with Crippen LogP contribution < -0.4 is 4.90 Å². The van der Waals surface area contributed by atoms with Crippen molar-refractivity contribution in [2.24, 2.45) is 0 Å². The number of ether oxygens (including phenoxy) is 1. The number of hydrogen-bond donors (Lipinski definition) is 0. The van der Waals surface area contributed by atoms with Crippen LogP contribution in [0.1, 0.15) is 40.2 Å². The van der Waals surface area contributed by atoms with Crippen molar-refractivity contribution in [3.05, 3.63) is 35.9 Å². The lowest BCUT2D eigenvalue weighted by Gasteiger charge is -2.42. The predicted octanol–water partition coefficient (Wildman–Crippen LogP) is 3.17. The Kier molecular flexibility index (Phi) is 3.90. The van der Waals surface area contributed by atoms with Crippen molar-refractivity contribution in [3.63, 3.8) is 0 Å². The number of esters is 1. The van der Waals surface area contributed by atoms with E-state index < -0.39 is 17.6 Å². The van der Waals surface area contributed by atoms with Crippen LogP contribution in [-0.2, 0) is 14.3 Å². The highest BCUT2D eigenvalue weighted by molar-refractivity contribution is 6.03. The van der Waals surface area contributed by atoms with Crippen LogP contribution in [0.4, 0.5) is 5.69 Å². The molecular formula is C17H21NO3. The lowest BCUT2D eigenvalue weighted by Crippen LogP contribution is -2.52. The zero-order valence-electron chi connectivity index (χ0n) is 13.1. The number of allylic oxidation sites excluding steroid dienone is 1. The Hall–Kier alpha value is -2.10. The van der Waals surface area contributed by atoms with Gasteiger partial charge in [-0.1, -0.05) is 24.3 Å². The zero-order chi connectivity index (χ0) is 15.8. The van der Waals surface area contributed by atoms with Crippen LogP contribution >= 0.6 is 0 Å². The molecule has 1 aromatic carbocycles. The summed E-state index contributed by atoms with van der Waals surface area (Å²) in [4.78, 5) is 25.5. The molecule has 1 amide bonds. The van der Waals surface area contributed by atoms with Crippen molar-refractivity contribution in [2.75, 3.05) is 4.90 Å². The van der Waals surface area contributed by atoms with E-state index in [0.717, 1.165) is 16.8 Å². The smallest absolute Gasteiger partial charge is 0.303 e.